The molecule has 0 aromatic carbocycles. The molecule has 0 bridgehead atoms. The van der Waals surface area contributed by atoms with Crippen LogP contribution in [-0.4, -0.2) is 46.2 Å². The largest absolute Gasteiger partial charge is 0.352 e. The van der Waals surface area contributed by atoms with Crippen molar-refractivity contribution in [2.45, 2.75) is 32.4 Å². The molecular formula is C18H24N6O2. The van der Waals surface area contributed by atoms with Crippen molar-refractivity contribution in [3.63, 3.8) is 0 Å². The summed E-state index contributed by atoms with van der Waals surface area (Å²) in [5.74, 6) is 0.434. The van der Waals surface area contributed by atoms with Crippen LogP contribution in [0.4, 0.5) is 10.6 Å². The van der Waals surface area contributed by atoms with E-state index in [4.69, 9.17) is 0 Å². The highest BCUT2D eigenvalue weighted by molar-refractivity contribution is 5.74. The number of nitrogens with zero attached hydrogens (tertiary/aromatic N) is 4. The lowest BCUT2D eigenvalue weighted by atomic mass is 10.1. The van der Waals surface area contributed by atoms with Gasteiger partial charge in [0, 0.05) is 38.4 Å². The van der Waals surface area contributed by atoms with Crippen LogP contribution in [0.15, 0.2) is 35.8 Å². The zero-order chi connectivity index (χ0) is 18.5. The number of anilines is 1. The fourth-order valence-corrected chi connectivity index (χ4v) is 3.20. The third-order valence-electron chi connectivity index (χ3n) is 4.46. The third-order valence-corrected chi connectivity index (χ3v) is 4.46. The Morgan fingerprint density at radius 1 is 1.42 bits per heavy atom. The van der Waals surface area contributed by atoms with E-state index in [-0.39, 0.29) is 17.6 Å². The first kappa shape index (κ1) is 17.9. The molecule has 8 nitrogen and oxygen atoms in total. The van der Waals surface area contributed by atoms with Crippen molar-refractivity contribution in [3.8, 4) is 0 Å². The van der Waals surface area contributed by atoms with E-state index in [1.54, 1.807) is 16.8 Å². The smallest absolute Gasteiger partial charge is 0.314 e. The second kappa shape index (κ2) is 7.99. The van der Waals surface area contributed by atoms with Gasteiger partial charge < -0.3 is 15.5 Å². The van der Waals surface area contributed by atoms with E-state index < -0.39 is 0 Å². The average molecular weight is 356 g/mol. The number of hydrogen-bond donors (Lipinski definition) is 2. The van der Waals surface area contributed by atoms with Crippen LogP contribution in [-0.2, 0) is 6.54 Å². The predicted octanol–water partition coefficient (Wildman–Crippen LogP) is 1.27. The number of allylic oxidation sites excluding steroid dienone is 1. The molecule has 2 amide bonds. The molecule has 26 heavy (non-hydrogen) atoms. The quantitative estimate of drug-likeness (QED) is 0.787. The molecule has 3 rings (SSSR count). The van der Waals surface area contributed by atoms with Gasteiger partial charge in [-0.15, -0.1) is 6.58 Å². The molecule has 2 aromatic heterocycles. The van der Waals surface area contributed by atoms with Gasteiger partial charge in [0.2, 0.25) is 0 Å². The Labute approximate surface area is 151 Å². The molecule has 1 fully saturated rings. The van der Waals surface area contributed by atoms with Gasteiger partial charge in [0.05, 0.1) is 0 Å². The van der Waals surface area contributed by atoms with Gasteiger partial charge in [0.1, 0.15) is 5.52 Å². The van der Waals surface area contributed by atoms with Crippen LogP contribution >= 0.6 is 0 Å². The van der Waals surface area contributed by atoms with Gasteiger partial charge in [-0.05, 0) is 31.9 Å². The number of fused-ring (bicyclic) bond motifs is 1. The number of carbonyl (C=O) groups excluding carboxylic acids is 1. The Morgan fingerprint density at radius 2 is 2.19 bits per heavy atom. The Morgan fingerprint density at radius 3 is 2.88 bits per heavy atom. The summed E-state index contributed by atoms with van der Waals surface area (Å²) in [7, 11) is 0. The summed E-state index contributed by atoms with van der Waals surface area (Å²) in [6.07, 6.45) is 4.87. The number of nitrogens with one attached hydrogen (secondary N) is 2. The van der Waals surface area contributed by atoms with Crippen molar-refractivity contribution in [2.75, 3.05) is 24.5 Å². The summed E-state index contributed by atoms with van der Waals surface area (Å²) in [6.45, 7) is 7.93. The SMILES string of the molecule is C=CCn1c(=O)c(N2CCC(NC(=O)NCC)CC2)nc2cccnc21. The van der Waals surface area contributed by atoms with Crippen LogP contribution in [0.3, 0.4) is 0 Å². The average Bonchev–Trinajstić information content (AvgIpc) is 2.65. The van der Waals surface area contributed by atoms with E-state index in [1.165, 1.54) is 0 Å². The first-order chi connectivity index (χ1) is 12.6. The lowest BCUT2D eigenvalue weighted by Crippen LogP contribution is -2.49. The van der Waals surface area contributed by atoms with Crippen LogP contribution in [0, 0.1) is 0 Å². The first-order valence-electron chi connectivity index (χ1n) is 8.89. The molecule has 0 spiro atoms. The number of hydrogen-bond acceptors (Lipinski definition) is 5. The number of aromatic nitrogens is 3. The zero-order valence-electron chi connectivity index (χ0n) is 14.9. The number of piperidine rings is 1. The maximum atomic E-state index is 12.9. The monoisotopic (exact) mass is 356 g/mol. The van der Waals surface area contributed by atoms with Gasteiger partial charge >= 0.3 is 6.03 Å². The van der Waals surface area contributed by atoms with Crippen molar-refractivity contribution >= 4 is 23.0 Å². The molecule has 0 radical (unpaired) electrons. The summed E-state index contributed by atoms with van der Waals surface area (Å²) >= 11 is 0. The second-order valence-corrected chi connectivity index (χ2v) is 6.25. The lowest BCUT2D eigenvalue weighted by Gasteiger charge is -2.33. The van der Waals surface area contributed by atoms with Gasteiger partial charge in [-0.1, -0.05) is 6.08 Å². The molecule has 2 N–H and O–H groups in total. The summed E-state index contributed by atoms with van der Waals surface area (Å²) < 4.78 is 1.60. The number of carbonyl (C=O) groups is 1. The molecule has 0 unspecified atom stereocenters. The van der Waals surface area contributed by atoms with E-state index >= 15 is 0 Å². The van der Waals surface area contributed by atoms with E-state index in [9.17, 15) is 9.59 Å². The van der Waals surface area contributed by atoms with Crippen LogP contribution in [0.5, 0.6) is 0 Å². The van der Waals surface area contributed by atoms with Crippen molar-refractivity contribution in [1.29, 1.82) is 0 Å². The summed E-state index contributed by atoms with van der Waals surface area (Å²) in [4.78, 5) is 35.4. The minimum atomic E-state index is -0.161. The van der Waals surface area contributed by atoms with Gasteiger partial charge in [-0.2, -0.15) is 0 Å². The Kier molecular flexibility index (Phi) is 5.50. The Bertz CT molecular complexity index is 854. The highest BCUT2D eigenvalue weighted by Gasteiger charge is 2.24. The van der Waals surface area contributed by atoms with Crippen LogP contribution in [0.2, 0.25) is 0 Å². The minimum Gasteiger partial charge on any atom is -0.352 e. The molecule has 1 aliphatic heterocycles. The van der Waals surface area contributed by atoms with E-state index in [1.807, 2.05) is 24.0 Å². The second-order valence-electron chi connectivity index (χ2n) is 6.25. The lowest BCUT2D eigenvalue weighted by molar-refractivity contribution is 0.235. The topological polar surface area (TPSA) is 92.2 Å². The maximum absolute atomic E-state index is 12.9. The predicted molar refractivity (Wildman–Crippen MR) is 101 cm³/mol. The van der Waals surface area contributed by atoms with E-state index in [0.717, 1.165) is 12.8 Å². The van der Waals surface area contributed by atoms with E-state index in [0.29, 0.717) is 43.2 Å². The molecule has 8 heteroatoms. The molecule has 0 saturated carbocycles. The van der Waals surface area contributed by atoms with Gasteiger partial charge in [-0.25, -0.2) is 14.8 Å². The zero-order valence-corrected chi connectivity index (χ0v) is 14.9. The maximum Gasteiger partial charge on any atom is 0.314 e. The summed E-state index contributed by atoms with van der Waals surface area (Å²) in [5, 5.41) is 5.70. The van der Waals surface area contributed by atoms with Crippen molar-refractivity contribution in [3.05, 3.63) is 41.3 Å². The normalized spacial score (nSPS) is 15.0. The molecule has 1 saturated heterocycles. The fourth-order valence-electron chi connectivity index (χ4n) is 3.20. The van der Waals surface area contributed by atoms with Crippen molar-refractivity contribution in [2.24, 2.45) is 0 Å². The highest BCUT2D eigenvalue weighted by atomic mass is 16.2. The molecule has 2 aromatic rings. The van der Waals surface area contributed by atoms with Gasteiger partial charge in [0.25, 0.3) is 5.56 Å². The van der Waals surface area contributed by atoms with Gasteiger partial charge in [-0.3, -0.25) is 9.36 Å². The van der Waals surface area contributed by atoms with Gasteiger partial charge in [0.15, 0.2) is 11.5 Å². The van der Waals surface area contributed by atoms with Crippen LogP contribution in [0.1, 0.15) is 19.8 Å². The van der Waals surface area contributed by atoms with Crippen molar-refractivity contribution in [1.82, 2.24) is 25.2 Å². The van der Waals surface area contributed by atoms with Crippen molar-refractivity contribution < 1.29 is 4.79 Å². The van der Waals surface area contributed by atoms with Crippen LogP contribution in [0.25, 0.3) is 11.2 Å². The number of amides is 2. The number of urea groups is 1. The molecule has 0 aliphatic carbocycles. The molecule has 1 aliphatic rings. The molecule has 3 heterocycles. The van der Waals surface area contributed by atoms with Crippen LogP contribution < -0.4 is 21.1 Å². The van der Waals surface area contributed by atoms with E-state index in [2.05, 4.69) is 27.2 Å². The summed E-state index contributed by atoms with van der Waals surface area (Å²) in [5.41, 5.74) is 1.09. The Hall–Kier alpha value is -2.90. The molecule has 0 atom stereocenters. The molecule has 138 valence electrons. The highest BCUT2D eigenvalue weighted by Crippen LogP contribution is 2.17. The summed E-state index contributed by atoms with van der Waals surface area (Å²) in [6, 6.07) is 3.63. The minimum absolute atomic E-state index is 0.107. The standard InChI is InChI=1S/C18H24N6O2/c1-3-10-24-15-14(6-5-9-20-15)22-16(17(24)25)23-11-7-13(8-12-23)21-18(26)19-4-2/h3,5-6,9,13H,1,4,7-8,10-12H2,2H3,(H2,19,21,26). The third kappa shape index (κ3) is 3.68. The fraction of sp³-hybridized carbons (Fsp3) is 0.444. The molecular weight excluding hydrogens is 332 g/mol. The number of rotatable bonds is 5. The Balaban J connectivity index is 1.81. The first-order valence-corrected chi connectivity index (χ1v) is 8.89. The number of pyridine rings is 1.